The van der Waals surface area contributed by atoms with Crippen molar-refractivity contribution in [3.05, 3.63) is 35.9 Å². The van der Waals surface area contributed by atoms with Gasteiger partial charge in [-0.05, 0) is 43.5 Å². The van der Waals surface area contributed by atoms with Gasteiger partial charge in [0.2, 0.25) is 0 Å². The molecular formula is C21H34O4Si. The summed E-state index contributed by atoms with van der Waals surface area (Å²) in [5.41, 5.74) is 0.574. The van der Waals surface area contributed by atoms with Gasteiger partial charge in [0.1, 0.15) is 5.60 Å². The van der Waals surface area contributed by atoms with Crippen LogP contribution in [0.2, 0.25) is 18.1 Å². The molecule has 1 aromatic rings. The standard InChI is InChI=1S/C21H34O4Si/c1-20(2,3)26(5,6)25-18(12-13-19-21(4,16-22)24-19)15-23-14-17-10-8-7-9-11-17/h7-11,16,18-19H,12-15H2,1-6H3/t18-,19-,21-/m1/s1. The van der Waals surface area contributed by atoms with E-state index < -0.39 is 13.9 Å². The summed E-state index contributed by atoms with van der Waals surface area (Å²) in [4.78, 5) is 11.1. The second-order valence-corrected chi connectivity index (χ2v) is 13.7. The Hall–Kier alpha value is -1.01. The Kier molecular flexibility index (Phi) is 6.83. The summed E-state index contributed by atoms with van der Waals surface area (Å²) >= 11 is 0. The molecule has 1 aliphatic heterocycles. The highest BCUT2D eigenvalue weighted by Crippen LogP contribution is 2.40. The molecule has 5 heteroatoms. The molecule has 0 saturated carbocycles. The first kappa shape index (κ1) is 21.3. The fourth-order valence-corrected chi connectivity index (χ4v) is 4.08. The third-order valence-electron chi connectivity index (χ3n) is 5.65. The monoisotopic (exact) mass is 378 g/mol. The highest BCUT2D eigenvalue weighted by Gasteiger charge is 2.52. The lowest BCUT2D eigenvalue weighted by atomic mass is 10.0. The Morgan fingerprint density at radius 2 is 1.92 bits per heavy atom. The van der Waals surface area contributed by atoms with Crippen molar-refractivity contribution in [1.82, 2.24) is 0 Å². The molecule has 4 nitrogen and oxygen atoms in total. The van der Waals surface area contributed by atoms with Crippen LogP contribution in [0.25, 0.3) is 0 Å². The molecule has 0 spiro atoms. The number of epoxide rings is 1. The van der Waals surface area contributed by atoms with Crippen LogP contribution in [-0.4, -0.2) is 39.0 Å². The van der Waals surface area contributed by atoms with Crippen LogP contribution >= 0.6 is 0 Å². The summed E-state index contributed by atoms with van der Waals surface area (Å²) in [5, 5.41) is 0.151. The number of benzene rings is 1. The predicted octanol–water partition coefficient (Wildman–Crippen LogP) is 4.73. The van der Waals surface area contributed by atoms with E-state index in [1.54, 1.807) is 0 Å². The molecule has 0 amide bonds. The molecule has 26 heavy (non-hydrogen) atoms. The summed E-state index contributed by atoms with van der Waals surface area (Å²) in [5.74, 6) is 0. The largest absolute Gasteiger partial charge is 0.412 e. The van der Waals surface area contributed by atoms with E-state index in [-0.39, 0.29) is 17.2 Å². The molecule has 1 aromatic carbocycles. The second kappa shape index (κ2) is 8.34. The van der Waals surface area contributed by atoms with Gasteiger partial charge in [0.05, 0.1) is 25.4 Å². The first-order valence-corrected chi connectivity index (χ1v) is 12.4. The SMILES string of the molecule is CC(C)(C)[Si](C)(C)O[C@H](CC[C@H]1O[C@]1(C)C=O)COCc1ccccc1. The van der Waals surface area contributed by atoms with Crippen molar-refractivity contribution < 1.29 is 18.7 Å². The molecule has 1 fully saturated rings. The lowest BCUT2D eigenvalue weighted by Gasteiger charge is -2.39. The van der Waals surface area contributed by atoms with Gasteiger partial charge in [-0.2, -0.15) is 0 Å². The third kappa shape index (κ3) is 5.74. The fraction of sp³-hybridized carbons (Fsp3) is 0.667. The predicted molar refractivity (Wildman–Crippen MR) is 107 cm³/mol. The summed E-state index contributed by atoms with van der Waals surface area (Å²) in [6.07, 6.45) is 2.62. The average molecular weight is 379 g/mol. The Morgan fingerprint density at radius 3 is 2.46 bits per heavy atom. The zero-order chi connectivity index (χ0) is 19.4. The van der Waals surface area contributed by atoms with Crippen molar-refractivity contribution in [3.63, 3.8) is 0 Å². The first-order valence-electron chi connectivity index (χ1n) is 9.51. The van der Waals surface area contributed by atoms with Crippen molar-refractivity contribution >= 4 is 14.6 Å². The van der Waals surface area contributed by atoms with Gasteiger partial charge >= 0.3 is 0 Å². The molecule has 146 valence electrons. The van der Waals surface area contributed by atoms with Crippen molar-refractivity contribution in [3.8, 4) is 0 Å². The van der Waals surface area contributed by atoms with E-state index in [1.165, 1.54) is 0 Å². The summed E-state index contributed by atoms with van der Waals surface area (Å²) in [6.45, 7) is 14.3. The molecule has 1 heterocycles. The van der Waals surface area contributed by atoms with Crippen LogP contribution in [0.5, 0.6) is 0 Å². The van der Waals surface area contributed by atoms with Gasteiger partial charge in [0, 0.05) is 0 Å². The smallest absolute Gasteiger partial charge is 0.192 e. The minimum atomic E-state index is -1.88. The molecule has 0 radical (unpaired) electrons. The van der Waals surface area contributed by atoms with Gasteiger partial charge in [-0.3, -0.25) is 0 Å². The van der Waals surface area contributed by atoms with E-state index in [9.17, 15) is 4.79 Å². The van der Waals surface area contributed by atoms with E-state index in [1.807, 2.05) is 25.1 Å². The summed E-state index contributed by atoms with van der Waals surface area (Å²) in [7, 11) is -1.88. The molecule has 0 aromatic heterocycles. The molecule has 0 bridgehead atoms. The highest BCUT2D eigenvalue weighted by molar-refractivity contribution is 6.74. The van der Waals surface area contributed by atoms with Crippen LogP contribution in [0.1, 0.15) is 46.1 Å². The Bertz CT molecular complexity index is 581. The quantitative estimate of drug-likeness (QED) is 0.335. The van der Waals surface area contributed by atoms with Gasteiger partial charge in [-0.15, -0.1) is 0 Å². The van der Waals surface area contributed by atoms with Crippen LogP contribution in [-0.2, 0) is 25.3 Å². The maximum atomic E-state index is 11.1. The van der Waals surface area contributed by atoms with E-state index >= 15 is 0 Å². The topological polar surface area (TPSA) is 48.1 Å². The molecular weight excluding hydrogens is 344 g/mol. The Morgan fingerprint density at radius 1 is 1.27 bits per heavy atom. The lowest BCUT2D eigenvalue weighted by molar-refractivity contribution is -0.111. The number of hydrogen-bond acceptors (Lipinski definition) is 4. The maximum absolute atomic E-state index is 11.1. The minimum Gasteiger partial charge on any atom is -0.412 e. The van der Waals surface area contributed by atoms with Crippen LogP contribution in [0.4, 0.5) is 0 Å². The maximum Gasteiger partial charge on any atom is 0.192 e. The lowest BCUT2D eigenvalue weighted by Crippen LogP contribution is -2.45. The van der Waals surface area contributed by atoms with Crippen LogP contribution in [0, 0.1) is 0 Å². The van der Waals surface area contributed by atoms with Crippen LogP contribution in [0.15, 0.2) is 30.3 Å². The molecule has 0 unspecified atom stereocenters. The minimum absolute atomic E-state index is 0.0136. The molecule has 3 atom stereocenters. The number of carbonyl (C=O) groups excluding carboxylic acids is 1. The number of rotatable bonds is 10. The number of hydrogen-bond donors (Lipinski definition) is 0. The van der Waals surface area contributed by atoms with E-state index in [2.05, 4.69) is 46.0 Å². The van der Waals surface area contributed by atoms with E-state index in [0.29, 0.717) is 13.2 Å². The van der Waals surface area contributed by atoms with Gasteiger partial charge in [-0.25, -0.2) is 0 Å². The van der Waals surface area contributed by atoms with Crippen LogP contribution in [0.3, 0.4) is 0 Å². The number of ether oxygens (including phenoxy) is 2. The average Bonchev–Trinajstić information content (AvgIpc) is 3.23. The number of carbonyl (C=O) groups is 1. The summed E-state index contributed by atoms with van der Waals surface area (Å²) < 4.78 is 18.1. The van der Waals surface area contributed by atoms with Crippen molar-refractivity contribution in [2.75, 3.05) is 6.61 Å². The molecule has 1 saturated heterocycles. The normalized spacial score (nSPS) is 24.3. The van der Waals surface area contributed by atoms with E-state index in [4.69, 9.17) is 13.9 Å². The summed E-state index contributed by atoms with van der Waals surface area (Å²) in [6, 6.07) is 10.2. The second-order valence-electron chi connectivity index (χ2n) is 8.99. The zero-order valence-electron chi connectivity index (χ0n) is 17.1. The van der Waals surface area contributed by atoms with Crippen molar-refractivity contribution in [2.24, 2.45) is 0 Å². The zero-order valence-corrected chi connectivity index (χ0v) is 18.1. The van der Waals surface area contributed by atoms with Gasteiger partial charge in [0.25, 0.3) is 0 Å². The Balaban J connectivity index is 1.91. The van der Waals surface area contributed by atoms with Gasteiger partial charge < -0.3 is 18.7 Å². The Labute approximate surface area is 159 Å². The van der Waals surface area contributed by atoms with Crippen molar-refractivity contribution in [1.29, 1.82) is 0 Å². The number of aldehydes is 1. The highest BCUT2D eigenvalue weighted by atomic mass is 28.4. The molecule has 1 aliphatic rings. The fourth-order valence-electron chi connectivity index (χ4n) is 2.71. The first-order chi connectivity index (χ1) is 12.1. The molecule has 0 aliphatic carbocycles. The van der Waals surface area contributed by atoms with Gasteiger partial charge in [0.15, 0.2) is 14.6 Å². The third-order valence-corrected chi connectivity index (χ3v) is 10.2. The van der Waals surface area contributed by atoms with E-state index in [0.717, 1.165) is 24.7 Å². The van der Waals surface area contributed by atoms with Gasteiger partial charge in [-0.1, -0.05) is 51.1 Å². The van der Waals surface area contributed by atoms with Crippen LogP contribution < -0.4 is 0 Å². The molecule has 2 rings (SSSR count). The molecule has 0 N–H and O–H groups in total. The van der Waals surface area contributed by atoms with Crippen molar-refractivity contribution in [2.45, 2.75) is 83.1 Å².